The molecule has 0 saturated carbocycles. The maximum atomic E-state index is 12.0. The molecule has 7 heteroatoms. The van der Waals surface area contributed by atoms with E-state index in [1.54, 1.807) is 28.6 Å². The molecule has 0 radical (unpaired) electrons. The van der Waals surface area contributed by atoms with Crippen molar-refractivity contribution in [3.05, 3.63) is 23.8 Å². The number of carbonyl (C=O) groups excluding carboxylic acids is 1. The summed E-state index contributed by atoms with van der Waals surface area (Å²) in [5.74, 6) is 0.773. The molecule has 0 saturated heterocycles. The van der Waals surface area contributed by atoms with Crippen LogP contribution in [0.2, 0.25) is 0 Å². The Balaban J connectivity index is 1.87. The van der Waals surface area contributed by atoms with Crippen LogP contribution >= 0.6 is 11.8 Å². The Hall–Kier alpha value is -1.89. The summed E-state index contributed by atoms with van der Waals surface area (Å²) in [5.41, 5.74) is 2.18. The molecule has 1 aromatic heterocycles. The summed E-state index contributed by atoms with van der Waals surface area (Å²) >= 11 is 1.56. The largest absolute Gasteiger partial charge is 0.301 e. The molecular formula is C11H11N5OS. The van der Waals surface area contributed by atoms with Gasteiger partial charge in [-0.2, -0.15) is 0 Å². The van der Waals surface area contributed by atoms with E-state index in [2.05, 4.69) is 20.6 Å². The van der Waals surface area contributed by atoms with Crippen LogP contribution < -0.4 is 5.32 Å². The average Bonchev–Trinajstić information content (AvgIpc) is 2.99. The summed E-state index contributed by atoms with van der Waals surface area (Å²) in [6.07, 6.45) is 0. The Kier molecular flexibility index (Phi) is 2.75. The number of amides is 1. The van der Waals surface area contributed by atoms with E-state index in [9.17, 15) is 4.79 Å². The molecule has 6 nitrogen and oxygen atoms in total. The normalized spacial score (nSPS) is 14.8. The number of aryl methyl sites for hydroxylation is 1. The predicted molar refractivity (Wildman–Crippen MR) is 70.7 cm³/mol. The zero-order chi connectivity index (χ0) is 12.5. The lowest BCUT2D eigenvalue weighted by Gasteiger charge is -2.03. The van der Waals surface area contributed by atoms with Crippen molar-refractivity contribution in [1.82, 2.24) is 20.3 Å². The van der Waals surface area contributed by atoms with Gasteiger partial charge in [-0.25, -0.2) is 4.68 Å². The minimum Gasteiger partial charge on any atom is -0.301 e. The Morgan fingerprint density at radius 1 is 1.50 bits per heavy atom. The number of nitrogens with one attached hydrogen (secondary N) is 1. The minimum absolute atomic E-state index is 0.157. The van der Waals surface area contributed by atoms with E-state index in [4.69, 9.17) is 0 Å². The molecule has 2 aromatic rings. The van der Waals surface area contributed by atoms with Gasteiger partial charge < -0.3 is 5.32 Å². The number of amidine groups is 1. The maximum Gasteiger partial charge on any atom is 0.257 e. The molecular weight excluding hydrogens is 250 g/mol. The number of thioether (sulfide) groups is 1. The van der Waals surface area contributed by atoms with Crippen molar-refractivity contribution in [3.8, 4) is 0 Å². The third-order valence-electron chi connectivity index (χ3n) is 2.68. The number of nitrogens with zero attached hydrogens (tertiary/aromatic N) is 4. The molecule has 0 unspecified atom stereocenters. The van der Waals surface area contributed by atoms with Crippen LogP contribution in [0.1, 0.15) is 10.4 Å². The van der Waals surface area contributed by atoms with E-state index in [0.29, 0.717) is 16.2 Å². The summed E-state index contributed by atoms with van der Waals surface area (Å²) in [7, 11) is 1.82. The zero-order valence-corrected chi connectivity index (χ0v) is 10.6. The van der Waals surface area contributed by atoms with Crippen LogP contribution in [-0.2, 0) is 7.05 Å². The number of hydrogen-bond donors (Lipinski definition) is 1. The predicted octanol–water partition coefficient (Wildman–Crippen LogP) is 0.801. The second-order valence-electron chi connectivity index (χ2n) is 3.91. The molecule has 1 aliphatic heterocycles. The van der Waals surface area contributed by atoms with Crippen LogP contribution in [0.15, 0.2) is 23.2 Å². The SMILES string of the molecule is Cn1nnc2cc(C(=O)NC3=NCCS3)ccc21. The molecule has 92 valence electrons. The molecule has 1 aromatic carbocycles. The van der Waals surface area contributed by atoms with Gasteiger partial charge in [-0.3, -0.25) is 9.79 Å². The van der Waals surface area contributed by atoms with Crippen LogP contribution in [0.4, 0.5) is 0 Å². The molecule has 1 aliphatic rings. The van der Waals surface area contributed by atoms with E-state index < -0.39 is 0 Å². The number of aliphatic imine (C=N–C) groups is 1. The van der Waals surface area contributed by atoms with E-state index in [-0.39, 0.29) is 5.91 Å². The number of hydrogen-bond acceptors (Lipinski definition) is 5. The zero-order valence-electron chi connectivity index (χ0n) is 9.75. The van der Waals surface area contributed by atoms with Crippen LogP contribution in [0, 0.1) is 0 Å². The van der Waals surface area contributed by atoms with Crippen molar-refractivity contribution < 1.29 is 4.79 Å². The molecule has 2 heterocycles. The molecule has 3 rings (SSSR count). The summed E-state index contributed by atoms with van der Waals surface area (Å²) < 4.78 is 1.67. The topological polar surface area (TPSA) is 72.2 Å². The maximum absolute atomic E-state index is 12.0. The first kappa shape index (κ1) is 11.2. The van der Waals surface area contributed by atoms with Gasteiger partial charge in [0.25, 0.3) is 5.91 Å². The smallest absolute Gasteiger partial charge is 0.257 e. The van der Waals surface area contributed by atoms with Gasteiger partial charge >= 0.3 is 0 Å². The third-order valence-corrected chi connectivity index (χ3v) is 3.57. The first-order chi connectivity index (χ1) is 8.74. The number of fused-ring (bicyclic) bond motifs is 1. The van der Waals surface area contributed by atoms with Crippen LogP contribution in [0.25, 0.3) is 11.0 Å². The molecule has 0 bridgehead atoms. The Morgan fingerprint density at radius 2 is 2.39 bits per heavy atom. The number of rotatable bonds is 1. The molecule has 0 fully saturated rings. The summed E-state index contributed by atoms with van der Waals surface area (Å²) in [4.78, 5) is 16.2. The first-order valence-electron chi connectivity index (χ1n) is 5.52. The Labute approximate surface area is 107 Å². The second kappa shape index (κ2) is 4.41. The highest BCUT2D eigenvalue weighted by Gasteiger charge is 2.13. The van der Waals surface area contributed by atoms with Crippen LogP contribution in [0.3, 0.4) is 0 Å². The van der Waals surface area contributed by atoms with Crippen LogP contribution in [0.5, 0.6) is 0 Å². The van der Waals surface area contributed by atoms with E-state index in [1.807, 2.05) is 13.1 Å². The van der Waals surface area contributed by atoms with Crippen molar-refractivity contribution in [2.45, 2.75) is 0 Å². The van der Waals surface area contributed by atoms with Crippen molar-refractivity contribution in [3.63, 3.8) is 0 Å². The van der Waals surface area contributed by atoms with Crippen LogP contribution in [-0.4, -0.2) is 38.4 Å². The minimum atomic E-state index is -0.157. The van der Waals surface area contributed by atoms with E-state index >= 15 is 0 Å². The lowest BCUT2D eigenvalue weighted by molar-refractivity contribution is 0.0978. The highest BCUT2D eigenvalue weighted by molar-refractivity contribution is 8.14. The number of carbonyl (C=O) groups is 1. The fourth-order valence-electron chi connectivity index (χ4n) is 1.76. The van der Waals surface area contributed by atoms with Gasteiger partial charge in [-0.05, 0) is 18.2 Å². The van der Waals surface area contributed by atoms with Gasteiger partial charge in [0.15, 0.2) is 5.17 Å². The lowest BCUT2D eigenvalue weighted by Crippen LogP contribution is -2.27. The summed E-state index contributed by atoms with van der Waals surface area (Å²) in [6, 6.07) is 5.34. The second-order valence-corrected chi connectivity index (χ2v) is 4.99. The average molecular weight is 261 g/mol. The fraction of sp³-hybridized carbons (Fsp3) is 0.273. The van der Waals surface area contributed by atoms with Gasteiger partial charge in [-0.15, -0.1) is 5.10 Å². The van der Waals surface area contributed by atoms with Gasteiger partial charge in [-0.1, -0.05) is 17.0 Å². The summed E-state index contributed by atoms with van der Waals surface area (Å²) in [5, 5.41) is 11.4. The third kappa shape index (κ3) is 1.97. The molecule has 18 heavy (non-hydrogen) atoms. The van der Waals surface area contributed by atoms with Gasteiger partial charge in [0.2, 0.25) is 0 Å². The monoisotopic (exact) mass is 261 g/mol. The molecule has 1 amide bonds. The Bertz CT molecular complexity index is 648. The highest BCUT2D eigenvalue weighted by Crippen LogP contribution is 2.14. The molecule has 0 atom stereocenters. The quantitative estimate of drug-likeness (QED) is 0.824. The van der Waals surface area contributed by atoms with Gasteiger partial charge in [0.1, 0.15) is 5.52 Å². The highest BCUT2D eigenvalue weighted by atomic mass is 32.2. The van der Waals surface area contributed by atoms with E-state index in [1.165, 1.54) is 0 Å². The lowest BCUT2D eigenvalue weighted by atomic mass is 10.2. The van der Waals surface area contributed by atoms with E-state index in [0.717, 1.165) is 17.8 Å². The fourth-order valence-corrected chi connectivity index (χ4v) is 2.49. The molecule has 0 spiro atoms. The molecule has 1 N–H and O–H groups in total. The summed E-state index contributed by atoms with van der Waals surface area (Å²) in [6.45, 7) is 0.767. The van der Waals surface area contributed by atoms with Gasteiger partial charge in [0, 0.05) is 18.4 Å². The van der Waals surface area contributed by atoms with Crippen molar-refractivity contribution in [1.29, 1.82) is 0 Å². The number of aromatic nitrogens is 3. The molecule has 0 aliphatic carbocycles. The Morgan fingerprint density at radius 3 is 3.17 bits per heavy atom. The van der Waals surface area contributed by atoms with Crippen molar-refractivity contribution in [2.75, 3.05) is 12.3 Å². The standard InChI is InChI=1S/C11H11N5OS/c1-16-9-3-2-7(6-8(9)14-15-16)10(17)13-11-12-4-5-18-11/h2-3,6H,4-5H2,1H3,(H,12,13,17). The van der Waals surface area contributed by atoms with Gasteiger partial charge in [0.05, 0.1) is 12.1 Å². The number of benzene rings is 1. The van der Waals surface area contributed by atoms with Crippen molar-refractivity contribution >= 4 is 33.9 Å². The van der Waals surface area contributed by atoms with Crippen molar-refractivity contribution in [2.24, 2.45) is 12.0 Å². The first-order valence-corrected chi connectivity index (χ1v) is 6.50.